The van der Waals surface area contributed by atoms with Crippen LogP contribution in [-0.2, 0) is 11.3 Å². The zero-order valence-corrected chi connectivity index (χ0v) is 19.2. The predicted octanol–water partition coefficient (Wildman–Crippen LogP) is 3.48. The largest absolute Gasteiger partial charge is 0.494 e. The van der Waals surface area contributed by atoms with Crippen LogP contribution in [0.25, 0.3) is 16.6 Å². The van der Waals surface area contributed by atoms with Gasteiger partial charge in [0.05, 0.1) is 29.1 Å². The van der Waals surface area contributed by atoms with Gasteiger partial charge in [-0.1, -0.05) is 30.3 Å². The number of ether oxygens (including phenoxy) is 1. The molecular formula is C25H27N5O3. The van der Waals surface area contributed by atoms with E-state index in [1.165, 1.54) is 4.68 Å². The topological polar surface area (TPSA) is 91.0 Å². The van der Waals surface area contributed by atoms with E-state index in [0.29, 0.717) is 35.4 Å². The minimum Gasteiger partial charge on any atom is -0.494 e. The lowest BCUT2D eigenvalue weighted by Crippen LogP contribution is -2.37. The quantitative estimate of drug-likeness (QED) is 0.470. The van der Waals surface area contributed by atoms with E-state index in [2.05, 4.69) is 15.5 Å². The lowest BCUT2D eigenvalue weighted by atomic mass is 10.2. The first-order valence-electron chi connectivity index (χ1n) is 10.9. The average molecular weight is 446 g/mol. The van der Waals surface area contributed by atoms with E-state index in [0.717, 1.165) is 17.0 Å². The van der Waals surface area contributed by atoms with Gasteiger partial charge in [0.25, 0.3) is 5.56 Å². The van der Waals surface area contributed by atoms with Crippen molar-refractivity contribution in [3.63, 3.8) is 0 Å². The number of para-hydroxylation sites is 1. The maximum absolute atomic E-state index is 13.3. The molecule has 0 radical (unpaired) electrons. The van der Waals surface area contributed by atoms with E-state index in [4.69, 9.17) is 4.74 Å². The third-order valence-corrected chi connectivity index (χ3v) is 5.59. The molecule has 0 bridgehead atoms. The van der Waals surface area contributed by atoms with Gasteiger partial charge in [0.15, 0.2) is 0 Å². The van der Waals surface area contributed by atoms with Crippen LogP contribution in [0.2, 0.25) is 0 Å². The Labute approximate surface area is 191 Å². The number of rotatable bonds is 7. The number of benzene rings is 2. The molecule has 0 aliphatic heterocycles. The number of hydrogen-bond donors (Lipinski definition) is 1. The monoisotopic (exact) mass is 445 g/mol. The Kier molecular flexibility index (Phi) is 6.26. The van der Waals surface area contributed by atoms with Crippen LogP contribution in [0.5, 0.6) is 5.75 Å². The fourth-order valence-electron chi connectivity index (χ4n) is 3.78. The highest BCUT2D eigenvalue weighted by Crippen LogP contribution is 2.20. The van der Waals surface area contributed by atoms with Crippen molar-refractivity contribution in [2.45, 2.75) is 40.3 Å². The van der Waals surface area contributed by atoms with Crippen molar-refractivity contribution in [1.29, 1.82) is 0 Å². The van der Waals surface area contributed by atoms with Gasteiger partial charge in [-0.05, 0) is 57.5 Å². The fraction of sp³-hybridized carbons (Fsp3) is 0.280. The molecule has 1 N–H and O–H groups in total. The minimum absolute atomic E-state index is 0.287. The van der Waals surface area contributed by atoms with Gasteiger partial charge in [0.2, 0.25) is 5.91 Å². The van der Waals surface area contributed by atoms with Gasteiger partial charge < -0.3 is 10.1 Å². The number of aryl methyl sites for hydroxylation is 2. The molecule has 8 heteroatoms. The molecule has 170 valence electrons. The summed E-state index contributed by atoms with van der Waals surface area (Å²) in [6.45, 7) is 8.19. The second-order valence-electron chi connectivity index (χ2n) is 7.86. The van der Waals surface area contributed by atoms with Crippen LogP contribution >= 0.6 is 0 Å². The fourth-order valence-corrected chi connectivity index (χ4v) is 3.78. The first kappa shape index (κ1) is 22.3. The number of carbonyl (C=O) groups excluding carboxylic acids is 1. The molecule has 0 saturated carbocycles. The third kappa shape index (κ3) is 4.37. The smallest absolute Gasteiger partial charge is 0.278 e. The molecule has 33 heavy (non-hydrogen) atoms. The maximum atomic E-state index is 13.3. The highest BCUT2D eigenvalue weighted by Gasteiger charge is 2.23. The molecule has 2 aromatic carbocycles. The molecule has 0 fully saturated rings. The van der Waals surface area contributed by atoms with Gasteiger partial charge in [0, 0.05) is 6.54 Å². The Morgan fingerprint density at radius 1 is 1.06 bits per heavy atom. The van der Waals surface area contributed by atoms with Crippen molar-refractivity contribution in [3.8, 4) is 11.4 Å². The first-order valence-corrected chi connectivity index (χ1v) is 10.9. The summed E-state index contributed by atoms with van der Waals surface area (Å²) in [5, 5.41) is 12.4. The number of aromatic nitrogens is 4. The molecule has 8 nitrogen and oxygen atoms in total. The van der Waals surface area contributed by atoms with E-state index >= 15 is 0 Å². The van der Waals surface area contributed by atoms with Crippen LogP contribution in [-0.4, -0.2) is 32.1 Å². The average Bonchev–Trinajstić information content (AvgIpc) is 3.19. The van der Waals surface area contributed by atoms with E-state index in [-0.39, 0.29) is 11.5 Å². The molecule has 0 aliphatic rings. The van der Waals surface area contributed by atoms with Gasteiger partial charge in [-0.25, -0.2) is 9.36 Å². The van der Waals surface area contributed by atoms with Gasteiger partial charge in [0.1, 0.15) is 17.3 Å². The van der Waals surface area contributed by atoms with Crippen LogP contribution in [0.15, 0.2) is 59.4 Å². The summed E-state index contributed by atoms with van der Waals surface area (Å²) >= 11 is 0. The Balaban J connectivity index is 1.59. The Morgan fingerprint density at radius 2 is 1.76 bits per heavy atom. The van der Waals surface area contributed by atoms with Crippen LogP contribution in [0.4, 0.5) is 0 Å². The SMILES string of the molecule is CCOc1ccc(CNC(=O)[C@H](C)n2nc(C)c3nn(-c4ccccc4)c(C)c3c2=O)cc1. The molecule has 1 atom stereocenters. The van der Waals surface area contributed by atoms with Crippen LogP contribution in [0.3, 0.4) is 0 Å². The van der Waals surface area contributed by atoms with Gasteiger partial charge >= 0.3 is 0 Å². The standard InChI is InChI=1S/C25H27N5O3/c1-5-33-21-13-11-19(12-14-21)15-26-24(31)18(4)30-25(32)22-17(3)29(20-9-7-6-8-10-20)28-23(22)16(2)27-30/h6-14,18H,5,15H2,1-4H3,(H,26,31)/t18-/m0/s1. The molecule has 2 aromatic heterocycles. The second kappa shape index (κ2) is 9.28. The van der Waals surface area contributed by atoms with E-state index in [1.54, 1.807) is 18.5 Å². The van der Waals surface area contributed by atoms with Gasteiger partial charge in [-0.15, -0.1) is 0 Å². The van der Waals surface area contributed by atoms with Crippen molar-refractivity contribution >= 4 is 16.8 Å². The van der Waals surface area contributed by atoms with Crippen LogP contribution < -0.4 is 15.6 Å². The highest BCUT2D eigenvalue weighted by molar-refractivity contribution is 5.84. The Bertz CT molecular complexity index is 1340. The lowest BCUT2D eigenvalue weighted by Gasteiger charge is -2.15. The molecular weight excluding hydrogens is 418 g/mol. The van der Waals surface area contributed by atoms with E-state index in [9.17, 15) is 9.59 Å². The van der Waals surface area contributed by atoms with Crippen molar-refractivity contribution < 1.29 is 9.53 Å². The molecule has 1 amide bonds. The van der Waals surface area contributed by atoms with Gasteiger partial charge in [-0.2, -0.15) is 10.2 Å². The molecule has 4 rings (SSSR count). The summed E-state index contributed by atoms with van der Waals surface area (Å²) < 4.78 is 8.42. The summed E-state index contributed by atoms with van der Waals surface area (Å²) in [6.07, 6.45) is 0. The minimum atomic E-state index is -0.775. The van der Waals surface area contributed by atoms with Crippen molar-refractivity contribution in [2.75, 3.05) is 6.61 Å². The number of hydrogen-bond acceptors (Lipinski definition) is 5. The van der Waals surface area contributed by atoms with E-state index < -0.39 is 6.04 Å². The van der Waals surface area contributed by atoms with Crippen LogP contribution in [0.1, 0.15) is 36.8 Å². The number of nitrogens with one attached hydrogen (secondary N) is 1. The highest BCUT2D eigenvalue weighted by atomic mass is 16.5. The molecule has 0 saturated heterocycles. The summed E-state index contributed by atoms with van der Waals surface area (Å²) in [7, 11) is 0. The summed E-state index contributed by atoms with van der Waals surface area (Å²) in [5.41, 5.74) is 3.30. The second-order valence-corrected chi connectivity index (χ2v) is 7.86. The number of amides is 1. The number of fused-ring (bicyclic) bond motifs is 1. The number of carbonyl (C=O) groups is 1. The Hall–Kier alpha value is -3.94. The summed E-state index contributed by atoms with van der Waals surface area (Å²) in [6, 6.07) is 16.4. The van der Waals surface area contributed by atoms with Crippen molar-refractivity contribution in [1.82, 2.24) is 24.9 Å². The van der Waals surface area contributed by atoms with Crippen molar-refractivity contribution in [2.24, 2.45) is 0 Å². The molecule has 0 spiro atoms. The molecule has 2 heterocycles. The molecule has 0 unspecified atom stereocenters. The molecule has 0 aliphatic carbocycles. The van der Waals surface area contributed by atoms with Crippen molar-refractivity contribution in [3.05, 3.63) is 81.9 Å². The normalized spacial score (nSPS) is 12.0. The first-order chi connectivity index (χ1) is 15.9. The predicted molar refractivity (Wildman–Crippen MR) is 127 cm³/mol. The zero-order valence-electron chi connectivity index (χ0n) is 19.2. The van der Waals surface area contributed by atoms with E-state index in [1.807, 2.05) is 68.4 Å². The number of nitrogens with zero attached hydrogens (tertiary/aromatic N) is 4. The summed E-state index contributed by atoms with van der Waals surface area (Å²) in [5.74, 6) is 0.497. The maximum Gasteiger partial charge on any atom is 0.278 e. The van der Waals surface area contributed by atoms with Gasteiger partial charge in [-0.3, -0.25) is 9.59 Å². The third-order valence-electron chi connectivity index (χ3n) is 5.59. The zero-order chi connectivity index (χ0) is 23.5. The molecule has 4 aromatic rings. The lowest BCUT2D eigenvalue weighted by molar-refractivity contribution is -0.124. The summed E-state index contributed by atoms with van der Waals surface area (Å²) in [4.78, 5) is 26.2. The Morgan fingerprint density at radius 3 is 2.42 bits per heavy atom. The van der Waals surface area contributed by atoms with Crippen LogP contribution in [0, 0.1) is 13.8 Å².